The summed E-state index contributed by atoms with van der Waals surface area (Å²) in [6.07, 6.45) is 14.6. The smallest absolute Gasteiger partial charge is 0.253 e. The van der Waals surface area contributed by atoms with Crippen LogP contribution in [0.3, 0.4) is 0 Å². The Kier molecular flexibility index (Phi) is 13.7. The van der Waals surface area contributed by atoms with E-state index in [0.717, 1.165) is 35.8 Å². The first-order valence-electron chi connectivity index (χ1n) is 15.2. The van der Waals surface area contributed by atoms with Crippen LogP contribution in [-0.2, 0) is 9.59 Å². The third kappa shape index (κ3) is 10.2. The van der Waals surface area contributed by atoms with Gasteiger partial charge in [0.15, 0.2) is 5.96 Å². The van der Waals surface area contributed by atoms with Crippen molar-refractivity contribution in [3.05, 3.63) is 73.0 Å². The van der Waals surface area contributed by atoms with Crippen LogP contribution in [0.15, 0.2) is 88.1 Å². The van der Waals surface area contributed by atoms with Crippen molar-refractivity contribution in [1.82, 2.24) is 30.3 Å². The molecule has 0 fully saturated rings. The van der Waals surface area contributed by atoms with Gasteiger partial charge in [-0.25, -0.2) is 10.0 Å². The number of hydrogen-bond acceptors (Lipinski definition) is 8. The van der Waals surface area contributed by atoms with Gasteiger partial charge in [-0.3, -0.25) is 24.9 Å². The number of carbonyl (C=O) groups is 2. The summed E-state index contributed by atoms with van der Waals surface area (Å²) in [5, 5.41) is 19.2. The topological polar surface area (TPSA) is 132 Å². The highest BCUT2D eigenvalue weighted by Gasteiger charge is 2.29. The zero-order valence-corrected chi connectivity index (χ0v) is 28.0. The van der Waals surface area contributed by atoms with E-state index in [-0.39, 0.29) is 29.9 Å². The predicted molar refractivity (Wildman–Crippen MR) is 184 cm³/mol. The van der Waals surface area contributed by atoms with Crippen molar-refractivity contribution in [2.75, 3.05) is 0 Å². The Morgan fingerprint density at radius 2 is 1.56 bits per heavy atom. The van der Waals surface area contributed by atoms with Crippen LogP contribution >= 0.6 is 0 Å². The molecule has 0 aliphatic carbocycles. The van der Waals surface area contributed by atoms with E-state index in [4.69, 9.17) is 5.41 Å². The lowest BCUT2D eigenvalue weighted by Crippen LogP contribution is -2.46. The molecule has 0 radical (unpaired) electrons. The average Bonchev–Trinajstić information content (AvgIpc) is 3.43. The lowest BCUT2D eigenvalue weighted by Gasteiger charge is -2.35. The number of nitrogens with zero attached hydrogens (tertiary/aromatic N) is 7. The third-order valence-electron chi connectivity index (χ3n) is 6.76. The summed E-state index contributed by atoms with van der Waals surface area (Å²) in [5.41, 5.74) is 2.72. The SMILES string of the molecule is C=C1C2=C(CC=N2)NC(=N)N1C(C)C.C=C1N=CC=CN1C(C)C.C=C1NC=CC(=O)N1C(C)C.CC(C)N1N=CCCC1=O. The number of amides is 2. The molecule has 0 aromatic heterocycles. The number of hydrogen-bond donors (Lipinski definition) is 3. The number of nitrogens with one attached hydrogen (secondary N) is 3. The maximum atomic E-state index is 11.2. The lowest BCUT2D eigenvalue weighted by atomic mass is 10.1. The summed E-state index contributed by atoms with van der Waals surface area (Å²) in [7, 11) is 0. The van der Waals surface area contributed by atoms with Crippen LogP contribution in [0.1, 0.15) is 74.7 Å². The number of guanidine groups is 1. The van der Waals surface area contributed by atoms with E-state index in [0.29, 0.717) is 24.2 Å². The third-order valence-corrected chi connectivity index (χ3v) is 6.76. The minimum absolute atomic E-state index is 0.0104. The molecule has 5 rings (SSSR count). The van der Waals surface area contributed by atoms with Crippen LogP contribution in [-0.4, -0.2) is 80.3 Å². The highest BCUT2D eigenvalue weighted by Crippen LogP contribution is 2.28. The Hall–Kier alpha value is -4.74. The van der Waals surface area contributed by atoms with E-state index in [1.807, 2.05) is 69.8 Å². The molecule has 12 heteroatoms. The summed E-state index contributed by atoms with van der Waals surface area (Å²) in [6.45, 7) is 27.6. The van der Waals surface area contributed by atoms with Crippen molar-refractivity contribution in [3.63, 3.8) is 0 Å². The van der Waals surface area contributed by atoms with Crippen molar-refractivity contribution >= 4 is 36.4 Å². The Bertz CT molecular complexity index is 1320. The molecule has 0 spiro atoms. The van der Waals surface area contributed by atoms with Gasteiger partial charge in [-0.15, -0.1) is 0 Å². The van der Waals surface area contributed by atoms with Crippen molar-refractivity contribution < 1.29 is 9.59 Å². The quantitative estimate of drug-likeness (QED) is 0.406. The van der Waals surface area contributed by atoms with Crippen LogP contribution in [0, 0.1) is 5.41 Å². The van der Waals surface area contributed by atoms with Gasteiger partial charge in [0.05, 0.1) is 11.4 Å². The molecule has 3 N–H and O–H groups in total. The van der Waals surface area contributed by atoms with Crippen LogP contribution in [0.2, 0.25) is 0 Å². The van der Waals surface area contributed by atoms with Gasteiger partial charge in [-0.2, -0.15) is 5.10 Å². The van der Waals surface area contributed by atoms with Gasteiger partial charge in [0.1, 0.15) is 17.3 Å². The summed E-state index contributed by atoms with van der Waals surface area (Å²) in [6, 6.07) is 1.03. The van der Waals surface area contributed by atoms with Gasteiger partial charge in [-0.1, -0.05) is 19.7 Å². The number of rotatable bonds is 4. The molecule has 0 aromatic rings. The van der Waals surface area contributed by atoms with E-state index < -0.39 is 0 Å². The van der Waals surface area contributed by atoms with Crippen molar-refractivity contribution in [3.8, 4) is 0 Å². The molecule has 0 aromatic carbocycles. The van der Waals surface area contributed by atoms with Crippen molar-refractivity contribution in [2.24, 2.45) is 15.1 Å². The van der Waals surface area contributed by atoms with Crippen LogP contribution < -0.4 is 10.6 Å². The fourth-order valence-electron chi connectivity index (χ4n) is 4.66. The molecular weight excluding hydrogens is 568 g/mol. The van der Waals surface area contributed by atoms with Crippen LogP contribution in [0.5, 0.6) is 0 Å². The molecule has 0 bridgehead atoms. The molecule has 12 nitrogen and oxygen atoms in total. The van der Waals surface area contributed by atoms with Gasteiger partial charge in [0.25, 0.3) is 5.91 Å². The molecular formula is C33H50N10O2. The molecule has 0 atom stereocenters. The molecule has 5 aliphatic rings. The minimum atomic E-state index is -0.0104. The van der Waals surface area contributed by atoms with Gasteiger partial charge < -0.3 is 20.4 Å². The van der Waals surface area contributed by atoms with Gasteiger partial charge in [-0.05, 0) is 67.9 Å². The average molecular weight is 619 g/mol. The summed E-state index contributed by atoms with van der Waals surface area (Å²) in [4.78, 5) is 36.0. The number of aliphatic imine (C=N–C) groups is 2. The predicted octanol–water partition coefficient (Wildman–Crippen LogP) is 5.02. The second-order valence-electron chi connectivity index (χ2n) is 11.7. The lowest BCUT2D eigenvalue weighted by molar-refractivity contribution is -0.133. The zero-order valence-electron chi connectivity index (χ0n) is 28.0. The number of hydrazone groups is 1. The van der Waals surface area contributed by atoms with Crippen LogP contribution in [0.4, 0.5) is 0 Å². The van der Waals surface area contributed by atoms with Crippen molar-refractivity contribution in [2.45, 2.75) is 98.8 Å². The Balaban J connectivity index is 0.000000211. The van der Waals surface area contributed by atoms with Gasteiger partial charge in [0, 0.05) is 74.1 Å². The maximum absolute atomic E-state index is 11.2. The largest absolute Gasteiger partial charge is 0.348 e. The molecule has 45 heavy (non-hydrogen) atoms. The highest BCUT2D eigenvalue weighted by molar-refractivity contribution is 5.90. The van der Waals surface area contributed by atoms with Gasteiger partial charge in [0.2, 0.25) is 5.91 Å². The molecule has 2 amide bonds. The Labute approximate surface area is 268 Å². The first-order chi connectivity index (χ1) is 21.2. The Morgan fingerprint density at radius 3 is 2.02 bits per heavy atom. The van der Waals surface area contributed by atoms with E-state index in [9.17, 15) is 9.59 Å². The van der Waals surface area contributed by atoms with E-state index in [1.54, 1.807) is 23.5 Å². The molecule has 0 unspecified atom stereocenters. The van der Waals surface area contributed by atoms with Crippen LogP contribution in [0.25, 0.3) is 0 Å². The fourth-order valence-corrected chi connectivity index (χ4v) is 4.66. The van der Waals surface area contributed by atoms with Crippen molar-refractivity contribution in [1.29, 1.82) is 5.41 Å². The van der Waals surface area contributed by atoms with E-state index in [1.165, 1.54) is 11.1 Å². The molecule has 244 valence electrons. The fraction of sp³-hybridized carbons (Fsp3) is 0.455. The number of allylic oxidation sites excluding steroid dienone is 2. The monoisotopic (exact) mass is 618 g/mol. The first-order valence-corrected chi connectivity index (χ1v) is 15.2. The molecule has 0 saturated heterocycles. The summed E-state index contributed by atoms with van der Waals surface area (Å²) in [5.74, 6) is 1.99. The second-order valence-corrected chi connectivity index (χ2v) is 11.7. The summed E-state index contributed by atoms with van der Waals surface area (Å²) >= 11 is 0. The maximum Gasteiger partial charge on any atom is 0.253 e. The zero-order chi connectivity index (χ0) is 33.8. The molecule has 0 saturated carbocycles. The molecule has 5 aliphatic heterocycles. The first kappa shape index (κ1) is 36.5. The minimum Gasteiger partial charge on any atom is -0.348 e. The normalized spacial score (nSPS) is 18.7. The number of carbonyl (C=O) groups excluding carboxylic acids is 2. The van der Waals surface area contributed by atoms with E-state index >= 15 is 0 Å². The molecule has 5 heterocycles. The summed E-state index contributed by atoms with van der Waals surface area (Å²) < 4.78 is 0. The van der Waals surface area contributed by atoms with E-state index in [2.05, 4.69) is 59.3 Å². The van der Waals surface area contributed by atoms with Gasteiger partial charge >= 0.3 is 0 Å². The standard InChI is InChI=1S/C10H14N4.C8H12N2O.C8H12N2.C7H12N2O/c1-6(2)14-7(3)9-8(4-5-12-9)13-10(14)11;1-6(2)10-7(3)9-5-4-8(10)11;1-7(2)10-6-4-5-9-8(10)3;1-6(2)9-7(10)4-3-5-8-9/h5-6H,3-4H2,1-2H3,(H2,11,13);4-6,9H,3H2,1-2H3;4-7H,3H2,1-2H3;5-6H,3-4H2,1-2H3. The highest BCUT2D eigenvalue weighted by atomic mass is 16.2. The Morgan fingerprint density at radius 1 is 0.889 bits per heavy atom. The second kappa shape index (κ2) is 16.9.